The summed E-state index contributed by atoms with van der Waals surface area (Å²) in [6.07, 6.45) is 17.9. The van der Waals surface area contributed by atoms with Gasteiger partial charge in [0.2, 0.25) is 11.6 Å². The van der Waals surface area contributed by atoms with E-state index in [2.05, 4.69) is 39.8 Å². The van der Waals surface area contributed by atoms with E-state index in [1.165, 1.54) is 69.2 Å². The molecule has 0 radical (unpaired) electrons. The third-order valence-corrected chi connectivity index (χ3v) is 9.27. The molecule has 1 aliphatic carbocycles. The van der Waals surface area contributed by atoms with Crippen LogP contribution in [-0.4, -0.2) is 13.2 Å². The molecule has 0 aromatic heterocycles. The molecule has 2 nitrogen and oxygen atoms in total. The molecule has 0 aliphatic heterocycles. The van der Waals surface area contributed by atoms with E-state index in [0.29, 0.717) is 18.4 Å². The third kappa shape index (κ3) is 10.0. The zero-order valence-electron chi connectivity index (χ0n) is 26.9. The summed E-state index contributed by atoms with van der Waals surface area (Å²) in [6, 6.07) is 4.92. The lowest BCUT2D eigenvalue weighted by molar-refractivity contribution is 0.188. The molecule has 3 atom stereocenters. The van der Waals surface area contributed by atoms with Gasteiger partial charge in [0.05, 0.1) is 13.2 Å². The minimum Gasteiger partial charge on any atom is -0.491 e. The van der Waals surface area contributed by atoms with Crippen LogP contribution in [0.15, 0.2) is 36.4 Å². The van der Waals surface area contributed by atoms with Crippen molar-refractivity contribution in [2.45, 2.75) is 105 Å². The monoisotopic (exact) mass is 604 g/mol. The van der Waals surface area contributed by atoms with Gasteiger partial charge in [-0.05, 0) is 112 Å². The third-order valence-electron chi connectivity index (χ3n) is 9.27. The number of rotatable bonds is 17. The average molecular weight is 605 g/mol. The Morgan fingerprint density at radius 2 is 1.35 bits per heavy atom. The van der Waals surface area contributed by atoms with Crippen molar-refractivity contribution >= 4 is 0 Å². The molecular weight excluding hydrogens is 552 g/mol. The second-order valence-corrected chi connectivity index (χ2v) is 12.5. The fourth-order valence-corrected chi connectivity index (χ4v) is 6.48. The van der Waals surface area contributed by atoms with Crippen molar-refractivity contribution < 1.29 is 27.0 Å². The average Bonchev–Trinajstić information content (AvgIpc) is 3.01. The van der Waals surface area contributed by atoms with Gasteiger partial charge >= 0.3 is 0 Å². The first-order chi connectivity index (χ1) is 20.7. The fourth-order valence-electron chi connectivity index (χ4n) is 6.48. The van der Waals surface area contributed by atoms with Gasteiger partial charge in [-0.15, -0.1) is 0 Å². The van der Waals surface area contributed by atoms with Crippen molar-refractivity contribution in [3.63, 3.8) is 0 Å². The predicted octanol–water partition coefficient (Wildman–Crippen LogP) is 11.7. The molecule has 3 rings (SSSR count). The van der Waals surface area contributed by atoms with Crippen LogP contribution in [-0.2, 0) is 0 Å². The second kappa shape index (κ2) is 17.7. The number of ether oxygens (including phenoxy) is 2. The van der Waals surface area contributed by atoms with Gasteiger partial charge in [0.1, 0.15) is 0 Å². The molecule has 0 spiro atoms. The summed E-state index contributed by atoms with van der Waals surface area (Å²) in [4.78, 5) is 0. The van der Waals surface area contributed by atoms with Crippen LogP contribution in [0.4, 0.5) is 17.6 Å². The first-order valence-electron chi connectivity index (χ1n) is 16.6. The highest BCUT2D eigenvalue weighted by atomic mass is 19.2. The van der Waals surface area contributed by atoms with E-state index in [0.717, 1.165) is 37.5 Å². The molecule has 0 bridgehead atoms. The van der Waals surface area contributed by atoms with Crippen LogP contribution in [0.1, 0.15) is 105 Å². The molecule has 3 unspecified atom stereocenters. The summed E-state index contributed by atoms with van der Waals surface area (Å²) in [7, 11) is 0. The van der Waals surface area contributed by atoms with Gasteiger partial charge in [-0.1, -0.05) is 59.1 Å². The lowest BCUT2D eigenvalue weighted by Gasteiger charge is -2.27. The molecule has 240 valence electrons. The van der Waals surface area contributed by atoms with Gasteiger partial charge in [0.25, 0.3) is 0 Å². The molecule has 1 fully saturated rings. The molecule has 43 heavy (non-hydrogen) atoms. The number of halogens is 4. The standard InChI is InChI=1S/C37H52F4O2/c1-6-10-25(5)23-27(8-3)13-11-26(7-2)12-14-28-15-17-29(18-16-28)24-43-33-22-20-31(35(39)37(33)41)30-19-21-32(42-9-4)36(40)34(30)38/h12,14,19-22,25-29H,6-11,13,15-18,23-24H2,1-5H3/b14-12+. The molecule has 0 amide bonds. The van der Waals surface area contributed by atoms with Crippen LogP contribution in [0, 0.1) is 52.9 Å². The Hall–Kier alpha value is -2.50. The molecule has 2 aromatic carbocycles. The summed E-state index contributed by atoms with van der Waals surface area (Å²) >= 11 is 0. The fraction of sp³-hybridized carbons (Fsp3) is 0.622. The summed E-state index contributed by atoms with van der Waals surface area (Å²) in [5.74, 6) is -2.36. The highest BCUT2D eigenvalue weighted by molar-refractivity contribution is 5.67. The van der Waals surface area contributed by atoms with Crippen LogP contribution < -0.4 is 9.47 Å². The van der Waals surface area contributed by atoms with Crippen LogP contribution >= 0.6 is 0 Å². The van der Waals surface area contributed by atoms with Gasteiger partial charge in [-0.25, -0.2) is 8.78 Å². The minimum atomic E-state index is -1.28. The second-order valence-electron chi connectivity index (χ2n) is 12.5. The Morgan fingerprint density at radius 3 is 1.88 bits per heavy atom. The molecule has 6 heteroatoms. The Morgan fingerprint density at radius 1 is 0.744 bits per heavy atom. The Kier molecular flexibility index (Phi) is 14.4. The van der Waals surface area contributed by atoms with Gasteiger partial charge in [0.15, 0.2) is 23.1 Å². The summed E-state index contributed by atoms with van der Waals surface area (Å²) in [5, 5.41) is 0. The van der Waals surface area contributed by atoms with E-state index < -0.39 is 23.3 Å². The SMILES string of the molecule is CCCC(C)CC(CC)CCC(/C=C/C1CCC(COc2ccc(-c3ccc(OCC)c(F)c3F)c(F)c2F)CC1)CC. The van der Waals surface area contributed by atoms with Crippen molar-refractivity contribution in [3.05, 3.63) is 59.7 Å². The van der Waals surface area contributed by atoms with E-state index in [1.54, 1.807) is 6.92 Å². The topological polar surface area (TPSA) is 18.5 Å². The maximum atomic E-state index is 14.9. The van der Waals surface area contributed by atoms with Gasteiger partial charge in [-0.2, -0.15) is 8.78 Å². The van der Waals surface area contributed by atoms with Crippen molar-refractivity contribution in [1.82, 2.24) is 0 Å². The number of hydrogen-bond acceptors (Lipinski definition) is 2. The maximum Gasteiger partial charge on any atom is 0.201 e. The number of allylic oxidation sites excluding steroid dienone is 2. The molecule has 0 saturated heterocycles. The molecular formula is C37H52F4O2. The predicted molar refractivity (Wildman–Crippen MR) is 168 cm³/mol. The van der Waals surface area contributed by atoms with E-state index in [9.17, 15) is 17.6 Å². The summed E-state index contributed by atoms with van der Waals surface area (Å²) in [5.41, 5.74) is -0.731. The molecule has 0 N–H and O–H groups in total. The van der Waals surface area contributed by atoms with Crippen molar-refractivity contribution in [1.29, 1.82) is 0 Å². The Bertz CT molecular complexity index is 1160. The maximum absolute atomic E-state index is 14.9. The van der Waals surface area contributed by atoms with E-state index >= 15 is 0 Å². The van der Waals surface area contributed by atoms with Crippen LogP contribution in [0.5, 0.6) is 11.5 Å². The first-order valence-corrected chi connectivity index (χ1v) is 16.6. The Balaban J connectivity index is 1.49. The van der Waals surface area contributed by atoms with Gasteiger partial charge in [-0.3, -0.25) is 0 Å². The van der Waals surface area contributed by atoms with Crippen molar-refractivity contribution in [3.8, 4) is 22.6 Å². The molecule has 1 aliphatic rings. The lowest BCUT2D eigenvalue weighted by atomic mass is 9.81. The van der Waals surface area contributed by atoms with Crippen molar-refractivity contribution in [2.75, 3.05) is 13.2 Å². The Labute approximate surface area is 257 Å². The van der Waals surface area contributed by atoms with Gasteiger partial charge in [0, 0.05) is 11.1 Å². The molecule has 2 aromatic rings. The minimum absolute atomic E-state index is 0.153. The lowest BCUT2D eigenvalue weighted by Crippen LogP contribution is -2.19. The number of hydrogen-bond donors (Lipinski definition) is 0. The highest BCUT2D eigenvalue weighted by Gasteiger charge is 2.24. The van der Waals surface area contributed by atoms with E-state index in [-0.39, 0.29) is 35.2 Å². The quantitative estimate of drug-likeness (QED) is 0.132. The normalized spacial score (nSPS) is 19.4. The van der Waals surface area contributed by atoms with Crippen molar-refractivity contribution in [2.24, 2.45) is 29.6 Å². The van der Waals surface area contributed by atoms with E-state index in [1.807, 2.05) is 0 Å². The molecule has 1 saturated carbocycles. The summed E-state index contributed by atoms with van der Waals surface area (Å²) in [6.45, 7) is 11.4. The largest absolute Gasteiger partial charge is 0.491 e. The smallest absolute Gasteiger partial charge is 0.201 e. The zero-order chi connectivity index (χ0) is 31.4. The zero-order valence-corrected chi connectivity index (χ0v) is 26.9. The van der Waals surface area contributed by atoms with Crippen LogP contribution in [0.2, 0.25) is 0 Å². The summed E-state index contributed by atoms with van der Waals surface area (Å²) < 4.78 is 69.4. The van der Waals surface area contributed by atoms with E-state index in [4.69, 9.17) is 9.47 Å². The van der Waals surface area contributed by atoms with Gasteiger partial charge < -0.3 is 9.47 Å². The number of benzene rings is 2. The first kappa shape index (κ1) is 35.0. The highest BCUT2D eigenvalue weighted by Crippen LogP contribution is 2.36. The van der Waals surface area contributed by atoms with Crippen LogP contribution in [0.3, 0.4) is 0 Å². The van der Waals surface area contributed by atoms with Crippen LogP contribution in [0.25, 0.3) is 11.1 Å². The molecule has 0 heterocycles.